The lowest BCUT2D eigenvalue weighted by atomic mass is 10.1. The SMILES string of the molecule is COc1ccc(CCNC(=O)CCCSc2nnc(Cc3ccccc3)n2-c2ccccc2C)cc1OC. The number of amides is 1. The summed E-state index contributed by atoms with van der Waals surface area (Å²) in [6.45, 7) is 2.67. The van der Waals surface area contributed by atoms with Gasteiger partial charge in [0, 0.05) is 25.1 Å². The number of hydrogen-bond acceptors (Lipinski definition) is 6. The molecule has 0 aliphatic rings. The topological polar surface area (TPSA) is 78.3 Å². The summed E-state index contributed by atoms with van der Waals surface area (Å²) in [5, 5.41) is 12.9. The first kappa shape index (κ1) is 27.3. The minimum atomic E-state index is 0.0520. The fourth-order valence-electron chi connectivity index (χ4n) is 4.21. The summed E-state index contributed by atoms with van der Waals surface area (Å²) >= 11 is 1.64. The van der Waals surface area contributed by atoms with Crippen LogP contribution in [0, 0.1) is 6.92 Å². The first-order valence-electron chi connectivity index (χ1n) is 12.7. The normalized spacial score (nSPS) is 10.8. The second-order valence-corrected chi connectivity index (χ2v) is 9.99. The molecule has 1 heterocycles. The molecule has 0 spiro atoms. The number of thioether (sulfide) groups is 1. The van der Waals surface area contributed by atoms with E-state index in [0.29, 0.717) is 30.9 Å². The lowest BCUT2D eigenvalue weighted by molar-refractivity contribution is -0.121. The molecule has 38 heavy (non-hydrogen) atoms. The number of nitrogens with one attached hydrogen (secondary N) is 1. The molecular weight excluding hydrogens is 496 g/mol. The van der Waals surface area contributed by atoms with Crippen LogP contribution in [-0.2, 0) is 17.6 Å². The number of para-hydroxylation sites is 1. The van der Waals surface area contributed by atoms with E-state index in [-0.39, 0.29) is 5.91 Å². The van der Waals surface area contributed by atoms with E-state index in [9.17, 15) is 4.79 Å². The maximum atomic E-state index is 12.4. The van der Waals surface area contributed by atoms with Crippen LogP contribution in [0.25, 0.3) is 5.69 Å². The minimum Gasteiger partial charge on any atom is -0.493 e. The zero-order chi connectivity index (χ0) is 26.7. The van der Waals surface area contributed by atoms with Crippen LogP contribution in [0.2, 0.25) is 0 Å². The number of ether oxygens (including phenoxy) is 2. The molecule has 1 aromatic heterocycles. The van der Waals surface area contributed by atoms with Crippen molar-refractivity contribution in [3.05, 3.63) is 95.3 Å². The van der Waals surface area contributed by atoms with Crippen LogP contribution in [0.15, 0.2) is 78.0 Å². The molecule has 198 valence electrons. The number of aromatic nitrogens is 3. The van der Waals surface area contributed by atoms with Gasteiger partial charge in [-0.25, -0.2) is 0 Å². The highest BCUT2D eigenvalue weighted by Gasteiger charge is 2.16. The Morgan fingerprint density at radius 3 is 2.45 bits per heavy atom. The number of carbonyl (C=O) groups excluding carboxylic acids is 1. The first-order chi connectivity index (χ1) is 18.6. The lowest BCUT2D eigenvalue weighted by Gasteiger charge is -2.13. The van der Waals surface area contributed by atoms with Crippen molar-refractivity contribution in [3.63, 3.8) is 0 Å². The Labute approximate surface area is 228 Å². The molecule has 4 rings (SSSR count). The molecule has 0 radical (unpaired) electrons. The molecule has 0 fully saturated rings. The highest BCUT2D eigenvalue weighted by molar-refractivity contribution is 7.99. The van der Waals surface area contributed by atoms with Crippen LogP contribution in [-0.4, -0.2) is 47.2 Å². The van der Waals surface area contributed by atoms with Crippen LogP contribution in [0.3, 0.4) is 0 Å². The van der Waals surface area contributed by atoms with Gasteiger partial charge in [-0.2, -0.15) is 0 Å². The summed E-state index contributed by atoms with van der Waals surface area (Å²) < 4.78 is 12.8. The van der Waals surface area contributed by atoms with Gasteiger partial charge < -0.3 is 14.8 Å². The van der Waals surface area contributed by atoms with Gasteiger partial charge in [-0.15, -0.1) is 10.2 Å². The second-order valence-electron chi connectivity index (χ2n) is 8.92. The molecular formula is C30H34N4O3S. The summed E-state index contributed by atoms with van der Waals surface area (Å²) in [4.78, 5) is 12.4. The van der Waals surface area contributed by atoms with Gasteiger partial charge in [-0.3, -0.25) is 9.36 Å². The third-order valence-electron chi connectivity index (χ3n) is 6.22. The predicted octanol–water partition coefficient (Wildman–Crippen LogP) is 5.41. The predicted molar refractivity (Wildman–Crippen MR) is 152 cm³/mol. The number of carbonyl (C=O) groups is 1. The molecule has 0 atom stereocenters. The Morgan fingerprint density at radius 1 is 0.921 bits per heavy atom. The number of aryl methyl sites for hydroxylation is 1. The fraction of sp³-hybridized carbons (Fsp3) is 0.300. The Balaban J connectivity index is 1.30. The van der Waals surface area contributed by atoms with Gasteiger partial charge in [0.25, 0.3) is 0 Å². The molecule has 0 aliphatic heterocycles. The van der Waals surface area contributed by atoms with Crippen molar-refractivity contribution in [1.29, 1.82) is 0 Å². The summed E-state index contributed by atoms with van der Waals surface area (Å²) in [5.74, 6) is 3.12. The molecule has 3 aromatic carbocycles. The van der Waals surface area contributed by atoms with E-state index >= 15 is 0 Å². The molecule has 1 N–H and O–H groups in total. The van der Waals surface area contributed by atoms with Crippen molar-refractivity contribution in [1.82, 2.24) is 20.1 Å². The molecule has 0 saturated carbocycles. The van der Waals surface area contributed by atoms with Crippen molar-refractivity contribution in [2.45, 2.75) is 37.8 Å². The molecule has 0 bridgehead atoms. The molecule has 0 saturated heterocycles. The number of rotatable bonds is 13. The average Bonchev–Trinajstić information content (AvgIpc) is 3.33. The van der Waals surface area contributed by atoms with E-state index in [1.165, 1.54) is 5.56 Å². The van der Waals surface area contributed by atoms with E-state index in [2.05, 4.69) is 51.3 Å². The lowest BCUT2D eigenvalue weighted by Crippen LogP contribution is -2.25. The summed E-state index contributed by atoms with van der Waals surface area (Å²) in [5.41, 5.74) is 4.52. The number of hydrogen-bond donors (Lipinski definition) is 1. The van der Waals surface area contributed by atoms with Crippen molar-refractivity contribution in [2.75, 3.05) is 26.5 Å². The van der Waals surface area contributed by atoms with E-state index in [1.54, 1.807) is 26.0 Å². The molecule has 7 nitrogen and oxygen atoms in total. The standard InChI is InChI=1S/C30H34N4O3S/c1-22-10-7-8-13-25(22)34-28(21-23-11-5-4-6-12-23)32-33-30(34)38-19-9-14-29(35)31-18-17-24-15-16-26(36-2)27(20-24)37-3/h4-8,10-13,15-16,20H,9,14,17-19,21H2,1-3H3,(H,31,35). The molecule has 4 aromatic rings. The molecule has 0 aliphatic carbocycles. The highest BCUT2D eigenvalue weighted by Crippen LogP contribution is 2.28. The third-order valence-corrected chi connectivity index (χ3v) is 7.24. The van der Waals surface area contributed by atoms with E-state index in [0.717, 1.165) is 46.4 Å². The van der Waals surface area contributed by atoms with Gasteiger partial charge in [0.1, 0.15) is 5.82 Å². The maximum absolute atomic E-state index is 12.4. The van der Waals surface area contributed by atoms with E-state index in [1.807, 2.05) is 48.5 Å². The van der Waals surface area contributed by atoms with E-state index in [4.69, 9.17) is 9.47 Å². The summed E-state index contributed by atoms with van der Waals surface area (Å²) in [6.07, 6.45) is 2.64. The van der Waals surface area contributed by atoms with Crippen LogP contribution in [0.5, 0.6) is 11.5 Å². The van der Waals surface area contributed by atoms with Crippen molar-refractivity contribution < 1.29 is 14.3 Å². The van der Waals surface area contributed by atoms with Crippen LogP contribution in [0.1, 0.15) is 35.4 Å². The highest BCUT2D eigenvalue weighted by atomic mass is 32.2. The fourth-order valence-corrected chi connectivity index (χ4v) is 5.11. The van der Waals surface area contributed by atoms with Gasteiger partial charge in [0.05, 0.1) is 19.9 Å². The Bertz CT molecular complexity index is 1340. The molecule has 8 heteroatoms. The van der Waals surface area contributed by atoms with Gasteiger partial charge in [0.15, 0.2) is 16.7 Å². The summed E-state index contributed by atoms with van der Waals surface area (Å²) in [6, 6.07) is 24.4. The van der Waals surface area contributed by atoms with Crippen molar-refractivity contribution in [2.24, 2.45) is 0 Å². The third kappa shape index (κ3) is 7.16. The van der Waals surface area contributed by atoms with Crippen molar-refractivity contribution in [3.8, 4) is 17.2 Å². The van der Waals surface area contributed by atoms with Gasteiger partial charge in [-0.05, 0) is 54.7 Å². The zero-order valence-electron chi connectivity index (χ0n) is 22.1. The van der Waals surface area contributed by atoms with Crippen molar-refractivity contribution >= 4 is 17.7 Å². The number of methoxy groups -OCH3 is 2. The van der Waals surface area contributed by atoms with Gasteiger partial charge >= 0.3 is 0 Å². The second kappa shape index (κ2) is 13.7. The monoisotopic (exact) mass is 530 g/mol. The quantitative estimate of drug-likeness (QED) is 0.184. The van der Waals surface area contributed by atoms with Gasteiger partial charge in [0.2, 0.25) is 5.91 Å². The number of nitrogens with zero attached hydrogens (tertiary/aromatic N) is 3. The van der Waals surface area contributed by atoms with Crippen LogP contribution in [0.4, 0.5) is 0 Å². The van der Waals surface area contributed by atoms with Crippen LogP contribution < -0.4 is 14.8 Å². The Hall–Kier alpha value is -3.78. The van der Waals surface area contributed by atoms with E-state index < -0.39 is 0 Å². The maximum Gasteiger partial charge on any atom is 0.220 e. The van der Waals surface area contributed by atoms with Gasteiger partial charge in [-0.1, -0.05) is 66.4 Å². The smallest absolute Gasteiger partial charge is 0.220 e. The molecule has 0 unspecified atom stereocenters. The largest absolute Gasteiger partial charge is 0.493 e. The average molecular weight is 531 g/mol. The minimum absolute atomic E-state index is 0.0520. The Morgan fingerprint density at radius 2 is 1.68 bits per heavy atom. The Kier molecular flexibility index (Phi) is 9.81. The summed E-state index contributed by atoms with van der Waals surface area (Å²) in [7, 11) is 3.24. The first-order valence-corrected chi connectivity index (χ1v) is 13.7. The number of benzene rings is 3. The zero-order valence-corrected chi connectivity index (χ0v) is 23.0. The van der Waals surface area contributed by atoms with Crippen LogP contribution >= 0.6 is 11.8 Å². The molecule has 1 amide bonds.